The second-order valence-corrected chi connectivity index (χ2v) is 15.9. The van der Waals surface area contributed by atoms with Gasteiger partial charge in [0.2, 0.25) is 0 Å². The molecule has 4 atom stereocenters. The summed E-state index contributed by atoms with van der Waals surface area (Å²) in [4.78, 5) is 46.6. The number of aliphatic hydroxyl groups is 3. The SMILES string of the molecule is C.CCCCC(CC)C(=O)OC.CCCCC(CC)C(=O)OCCOCCOCCO.CCCCC(CC)C(=O)OCCOCCOCCOC(=O)C(CC)CCCC.OCCOCCOCCO. The zero-order valence-electron chi connectivity index (χ0n) is 44.4. The summed E-state index contributed by atoms with van der Waals surface area (Å²) in [5.74, 6) is -0.269. The molecule has 0 amide bonds. The number of methoxy groups -OCH3 is 1. The van der Waals surface area contributed by atoms with Gasteiger partial charge in [-0.05, 0) is 51.4 Å². The molecule has 0 saturated carbocycles. The van der Waals surface area contributed by atoms with E-state index >= 15 is 0 Å². The molecular weight excluding hydrogens is 897 g/mol. The smallest absolute Gasteiger partial charge is 0.308 e. The van der Waals surface area contributed by atoms with Crippen LogP contribution >= 0.6 is 0 Å². The molecule has 0 aliphatic rings. The standard InChI is InChI=1S/C22H42O6.C14H28O5.C9H18O2.C6H14O4.CH4/c1-5-9-11-19(7-3)21(23)27-17-15-25-13-14-26-16-18-28-22(24)20(8-4)12-10-6-2;1-3-5-6-13(4-2)14(16)19-12-11-18-10-9-17-8-7-15;1-4-6-7-8(5-2)9(10)11-3;7-1-3-9-5-6-10-4-2-8;/h19-20H,5-18H2,1-4H3;13,15H,3-12H2,1-2H3;8H,4-7H2,1-3H3;7-8H,1-6H2;1H4. The lowest BCUT2D eigenvalue weighted by Crippen LogP contribution is -2.21. The molecule has 69 heavy (non-hydrogen) atoms. The van der Waals surface area contributed by atoms with Crippen molar-refractivity contribution in [1.82, 2.24) is 0 Å². The fourth-order valence-corrected chi connectivity index (χ4v) is 6.04. The molecule has 17 nitrogen and oxygen atoms in total. The molecule has 0 saturated heterocycles. The zero-order valence-corrected chi connectivity index (χ0v) is 44.4. The molecule has 416 valence electrons. The van der Waals surface area contributed by atoms with Gasteiger partial charge in [-0.25, -0.2) is 0 Å². The van der Waals surface area contributed by atoms with Crippen molar-refractivity contribution in [3.05, 3.63) is 0 Å². The van der Waals surface area contributed by atoms with Crippen LogP contribution in [0.15, 0.2) is 0 Å². The van der Waals surface area contributed by atoms with Crippen molar-refractivity contribution in [3.8, 4) is 0 Å². The van der Waals surface area contributed by atoms with Crippen LogP contribution in [-0.4, -0.2) is 165 Å². The van der Waals surface area contributed by atoms with Crippen molar-refractivity contribution in [2.24, 2.45) is 23.7 Å². The fourth-order valence-electron chi connectivity index (χ4n) is 6.04. The predicted molar refractivity (Wildman–Crippen MR) is 271 cm³/mol. The van der Waals surface area contributed by atoms with E-state index in [-0.39, 0.29) is 88.0 Å². The van der Waals surface area contributed by atoms with Gasteiger partial charge in [0.1, 0.15) is 19.8 Å². The van der Waals surface area contributed by atoms with Crippen LogP contribution < -0.4 is 0 Å². The second-order valence-electron chi connectivity index (χ2n) is 15.9. The molecule has 0 aliphatic carbocycles. The van der Waals surface area contributed by atoms with Gasteiger partial charge in [-0.2, -0.15) is 0 Å². The summed E-state index contributed by atoms with van der Waals surface area (Å²) in [6, 6.07) is 0. The van der Waals surface area contributed by atoms with Crippen molar-refractivity contribution in [1.29, 1.82) is 0 Å². The van der Waals surface area contributed by atoms with Crippen molar-refractivity contribution in [3.63, 3.8) is 0 Å². The third kappa shape index (κ3) is 54.7. The van der Waals surface area contributed by atoms with Gasteiger partial charge in [0.05, 0.1) is 130 Å². The summed E-state index contributed by atoms with van der Waals surface area (Å²) in [6.07, 6.45) is 15.7. The van der Waals surface area contributed by atoms with Gasteiger partial charge in [-0.3, -0.25) is 19.2 Å². The quantitative estimate of drug-likeness (QED) is 0.0297. The first-order valence-corrected chi connectivity index (χ1v) is 25.9. The van der Waals surface area contributed by atoms with Crippen LogP contribution in [0, 0.1) is 23.7 Å². The number of unbranched alkanes of at least 4 members (excludes halogenated alkanes) is 4. The molecule has 0 aromatic carbocycles. The van der Waals surface area contributed by atoms with Crippen LogP contribution in [0.4, 0.5) is 0 Å². The van der Waals surface area contributed by atoms with E-state index < -0.39 is 0 Å². The summed E-state index contributed by atoms with van der Waals surface area (Å²) in [6.45, 7) is 22.3. The van der Waals surface area contributed by atoms with Crippen molar-refractivity contribution >= 4 is 23.9 Å². The molecule has 0 radical (unpaired) electrons. The molecule has 17 heteroatoms. The van der Waals surface area contributed by atoms with Gasteiger partial charge in [-0.1, -0.05) is 114 Å². The minimum Gasteiger partial charge on any atom is -0.469 e. The molecular formula is C52H106O17. The van der Waals surface area contributed by atoms with E-state index in [0.29, 0.717) is 85.9 Å². The highest BCUT2D eigenvalue weighted by Gasteiger charge is 2.19. The molecule has 3 N–H and O–H groups in total. The van der Waals surface area contributed by atoms with Gasteiger partial charge in [0, 0.05) is 0 Å². The Labute approximate surface area is 420 Å². The highest BCUT2D eigenvalue weighted by atomic mass is 16.6. The number of ether oxygens (including phenoxy) is 10. The van der Waals surface area contributed by atoms with E-state index in [2.05, 4.69) is 32.4 Å². The summed E-state index contributed by atoms with van der Waals surface area (Å²) in [5.41, 5.74) is 0. The molecule has 0 rings (SSSR count). The Morgan fingerprint density at radius 3 is 0.725 bits per heavy atom. The van der Waals surface area contributed by atoms with Crippen LogP contribution in [0.5, 0.6) is 0 Å². The lowest BCUT2D eigenvalue weighted by molar-refractivity contribution is -0.152. The molecule has 0 fully saturated rings. The molecule has 4 unspecified atom stereocenters. The molecule has 0 spiro atoms. The van der Waals surface area contributed by atoms with E-state index in [1.807, 2.05) is 27.7 Å². The number of esters is 4. The first-order chi connectivity index (χ1) is 33.0. The Hall–Kier alpha value is -2.48. The summed E-state index contributed by atoms with van der Waals surface area (Å²) in [5, 5.41) is 25.0. The Kier molecular flexibility index (Phi) is 69.5. The number of carbonyl (C=O) groups is 4. The average molecular weight is 1000 g/mol. The van der Waals surface area contributed by atoms with E-state index in [0.717, 1.165) is 103 Å². The Morgan fingerprint density at radius 2 is 0.536 bits per heavy atom. The average Bonchev–Trinajstić information content (AvgIpc) is 3.35. The Bertz CT molecular complexity index is 1010. The lowest BCUT2D eigenvalue weighted by atomic mass is 10.00. The van der Waals surface area contributed by atoms with Crippen LogP contribution in [0.2, 0.25) is 0 Å². The molecule has 0 heterocycles. The summed E-state index contributed by atoms with van der Waals surface area (Å²) < 4.78 is 51.2. The third-order valence-corrected chi connectivity index (χ3v) is 10.4. The summed E-state index contributed by atoms with van der Waals surface area (Å²) >= 11 is 0. The van der Waals surface area contributed by atoms with Crippen LogP contribution in [0.3, 0.4) is 0 Å². The van der Waals surface area contributed by atoms with Crippen LogP contribution in [0.1, 0.15) is 166 Å². The fraction of sp³-hybridized carbons (Fsp3) is 0.923. The van der Waals surface area contributed by atoms with Gasteiger partial charge in [0.25, 0.3) is 0 Å². The maximum Gasteiger partial charge on any atom is 0.308 e. The maximum atomic E-state index is 11.9. The van der Waals surface area contributed by atoms with Gasteiger partial charge < -0.3 is 62.7 Å². The number of carbonyl (C=O) groups excluding carboxylic acids is 4. The molecule has 0 aromatic rings. The minimum atomic E-state index is -0.123. The number of rotatable bonds is 44. The number of hydrogen-bond acceptors (Lipinski definition) is 17. The van der Waals surface area contributed by atoms with Gasteiger partial charge >= 0.3 is 23.9 Å². The topological polar surface area (TPSA) is 221 Å². The van der Waals surface area contributed by atoms with Crippen molar-refractivity contribution < 1.29 is 81.9 Å². The van der Waals surface area contributed by atoms with Gasteiger partial charge in [0.15, 0.2) is 0 Å². The van der Waals surface area contributed by atoms with E-state index in [1.165, 1.54) is 7.11 Å². The lowest BCUT2D eigenvalue weighted by Gasteiger charge is -2.14. The number of hydrogen-bond donors (Lipinski definition) is 3. The molecule has 0 bridgehead atoms. The Balaban J connectivity index is -0.000000287. The molecule has 0 aromatic heterocycles. The van der Waals surface area contributed by atoms with Crippen LogP contribution in [0.25, 0.3) is 0 Å². The monoisotopic (exact) mass is 1000 g/mol. The Morgan fingerprint density at radius 1 is 0.333 bits per heavy atom. The predicted octanol–water partition coefficient (Wildman–Crippen LogP) is 8.33. The first kappa shape index (κ1) is 75.5. The third-order valence-electron chi connectivity index (χ3n) is 10.4. The summed E-state index contributed by atoms with van der Waals surface area (Å²) in [7, 11) is 1.46. The van der Waals surface area contributed by atoms with E-state index in [9.17, 15) is 19.2 Å². The van der Waals surface area contributed by atoms with Gasteiger partial charge in [-0.15, -0.1) is 0 Å². The molecule has 0 aliphatic heterocycles. The highest BCUT2D eigenvalue weighted by Crippen LogP contribution is 2.17. The van der Waals surface area contributed by atoms with E-state index in [4.69, 9.17) is 58.0 Å². The van der Waals surface area contributed by atoms with Crippen molar-refractivity contribution in [2.75, 3.05) is 126 Å². The highest BCUT2D eigenvalue weighted by molar-refractivity contribution is 5.73. The first-order valence-electron chi connectivity index (χ1n) is 25.9. The largest absolute Gasteiger partial charge is 0.469 e. The number of aliphatic hydroxyl groups excluding tert-OH is 3. The van der Waals surface area contributed by atoms with E-state index in [1.54, 1.807) is 0 Å². The van der Waals surface area contributed by atoms with Crippen molar-refractivity contribution in [2.45, 2.75) is 166 Å². The zero-order chi connectivity index (χ0) is 51.7. The normalized spacial score (nSPS) is 12.2. The van der Waals surface area contributed by atoms with Crippen LogP contribution in [-0.2, 0) is 66.5 Å². The maximum absolute atomic E-state index is 11.9. The second kappa shape index (κ2) is 63.5. The minimum absolute atomic E-state index is 0.